The molecule has 1 aliphatic heterocycles. The quantitative estimate of drug-likeness (QED) is 0.831. The molecule has 2 rings (SSSR count). The van der Waals surface area contributed by atoms with Gasteiger partial charge in [0.25, 0.3) is 0 Å². The van der Waals surface area contributed by atoms with Gasteiger partial charge in [0.2, 0.25) is 0 Å². The van der Waals surface area contributed by atoms with Gasteiger partial charge >= 0.3 is 0 Å². The Morgan fingerprint density at radius 3 is 2.67 bits per heavy atom. The molecule has 1 aromatic carbocycles. The molecule has 2 nitrogen and oxygen atoms in total. The van der Waals surface area contributed by atoms with Crippen LogP contribution in [0.15, 0.2) is 30.3 Å². The van der Waals surface area contributed by atoms with Crippen molar-refractivity contribution in [1.29, 1.82) is 0 Å². The number of hydrogen-bond acceptors (Lipinski definition) is 3. The molecule has 0 radical (unpaired) electrons. The predicted octanol–water partition coefficient (Wildman–Crippen LogP) is 3.42. The fourth-order valence-electron chi connectivity index (χ4n) is 3.39. The maximum atomic E-state index is 3.77. The second kappa shape index (κ2) is 8.82. The molecule has 1 heterocycles. The van der Waals surface area contributed by atoms with Gasteiger partial charge in [-0.05, 0) is 31.1 Å². The topological polar surface area (TPSA) is 15.3 Å². The second-order valence-electron chi connectivity index (χ2n) is 6.07. The summed E-state index contributed by atoms with van der Waals surface area (Å²) in [6, 6.07) is 12.9. The Hall–Kier alpha value is -0.510. The van der Waals surface area contributed by atoms with Gasteiger partial charge in [0.1, 0.15) is 0 Å². The summed E-state index contributed by atoms with van der Waals surface area (Å²) in [7, 11) is 0. The minimum absolute atomic E-state index is 0.589. The molecule has 0 spiro atoms. The van der Waals surface area contributed by atoms with E-state index in [9.17, 15) is 0 Å². The smallest absolute Gasteiger partial charge is 0.0236 e. The number of piperazine rings is 1. The minimum Gasteiger partial charge on any atom is -0.311 e. The lowest BCUT2D eigenvalue weighted by molar-refractivity contribution is 0.0864. The molecule has 1 N–H and O–H groups in total. The molecule has 3 unspecified atom stereocenters. The van der Waals surface area contributed by atoms with Crippen LogP contribution in [0.4, 0.5) is 0 Å². The van der Waals surface area contributed by atoms with E-state index in [0.717, 1.165) is 19.0 Å². The summed E-state index contributed by atoms with van der Waals surface area (Å²) in [5.74, 6) is 1.26. The van der Waals surface area contributed by atoms with E-state index in [1.54, 1.807) is 0 Å². The lowest BCUT2D eigenvalue weighted by Gasteiger charge is -2.44. The molecular formula is C18H30N2S. The Kier molecular flexibility index (Phi) is 7.08. The molecule has 0 bridgehead atoms. The third-order valence-electron chi connectivity index (χ3n) is 4.64. The van der Waals surface area contributed by atoms with Crippen molar-refractivity contribution < 1.29 is 0 Å². The average molecular weight is 307 g/mol. The highest BCUT2D eigenvalue weighted by atomic mass is 32.2. The SMILES string of the molecule is CCC1CNC(Cc2ccccc2)CN1C(CC)CSC. The van der Waals surface area contributed by atoms with Crippen LogP contribution in [0.3, 0.4) is 0 Å². The highest BCUT2D eigenvalue weighted by Gasteiger charge is 2.30. The molecule has 0 saturated carbocycles. The number of benzene rings is 1. The van der Waals surface area contributed by atoms with Gasteiger partial charge in [-0.3, -0.25) is 4.90 Å². The fraction of sp³-hybridized carbons (Fsp3) is 0.667. The van der Waals surface area contributed by atoms with Crippen LogP contribution < -0.4 is 5.32 Å². The maximum Gasteiger partial charge on any atom is 0.0236 e. The van der Waals surface area contributed by atoms with Gasteiger partial charge in [-0.1, -0.05) is 44.2 Å². The van der Waals surface area contributed by atoms with E-state index >= 15 is 0 Å². The minimum atomic E-state index is 0.589. The van der Waals surface area contributed by atoms with Crippen LogP contribution in [0.1, 0.15) is 32.3 Å². The molecule has 21 heavy (non-hydrogen) atoms. The normalized spacial score (nSPS) is 24.9. The van der Waals surface area contributed by atoms with E-state index in [1.165, 1.54) is 30.7 Å². The van der Waals surface area contributed by atoms with Crippen LogP contribution in [0.25, 0.3) is 0 Å². The molecule has 3 atom stereocenters. The number of thioether (sulfide) groups is 1. The average Bonchev–Trinajstić information content (AvgIpc) is 2.53. The van der Waals surface area contributed by atoms with Crippen molar-refractivity contribution in [3.8, 4) is 0 Å². The number of nitrogens with zero attached hydrogens (tertiary/aromatic N) is 1. The molecule has 1 aromatic rings. The van der Waals surface area contributed by atoms with Crippen LogP contribution >= 0.6 is 11.8 Å². The Labute approximate surface area is 134 Å². The van der Waals surface area contributed by atoms with Crippen molar-refractivity contribution in [2.75, 3.05) is 25.1 Å². The molecule has 0 aliphatic carbocycles. The van der Waals surface area contributed by atoms with Gasteiger partial charge in [-0.25, -0.2) is 0 Å². The third-order valence-corrected chi connectivity index (χ3v) is 5.36. The Bertz CT molecular complexity index is 395. The summed E-state index contributed by atoms with van der Waals surface area (Å²) in [6.07, 6.45) is 5.88. The lowest BCUT2D eigenvalue weighted by Crippen LogP contribution is -2.60. The monoisotopic (exact) mass is 306 g/mol. The zero-order valence-electron chi connectivity index (χ0n) is 13.7. The van der Waals surface area contributed by atoms with Gasteiger partial charge < -0.3 is 5.32 Å². The van der Waals surface area contributed by atoms with E-state index in [0.29, 0.717) is 12.1 Å². The van der Waals surface area contributed by atoms with Crippen molar-refractivity contribution in [1.82, 2.24) is 10.2 Å². The first-order chi connectivity index (χ1) is 10.3. The van der Waals surface area contributed by atoms with Crippen LogP contribution in [0.2, 0.25) is 0 Å². The first-order valence-electron chi connectivity index (χ1n) is 8.30. The number of rotatable bonds is 7. The summed E-state index contributed by atoms with van der Waals surface area (Å²) in [4.78, 5) is 2.78. The van der Waals surface area contributed by atoms with Gasteiger partial charge in [0.05, 0.1) is 0 Å². The van der Waals surface area contributed by atoms with Gasteiger partial charge in [-0.2, -0.15) is 11.8 Å². The van der Waals surface area contributed by atoms with Gasteiger partial charge in [0, 0.05) is 37.0 Å². The maximum absolute atomic E-state index is 3.77. The van der Waals surface area contributed by atoms with E-state index in [2.05, 4.69) is 60.7 Å². The summed E-state index contributed by atoms with van der Waals surface area (Å²) < 4.78 is 0. The summed E-state index contributed by atoms with van der Waals surface area (Å²) in [5.41, 5.74) is 1.45. The number of nitrogens with one attached hydrogen (secondary N) is 1. The molecule has 1 saturated heterocycles. The molecule has 1 fully saturated rings. The van der Waals surface area contributed by atoms with Crippen molar-refractivity contribution in [3.63, 3.8) is 0 Å². The summed E-state index contributed by atoms with van der Waals surface area (Å²) >= 11 is 1.98. The standard InChI is InChI=1S/C18H30N2S/c1-4-17-12-19-16(11-15-9-7-6-8-10-15)13-20(17)18(5-2)14-21-3/h6-10,16-19H,4-5,11-14H2,1-3H3. The second-order valence-corrected chi connectivity index (χ2v) is 6.98. The third kappa shape index (κ3) is 4.73. The van der Waals surface area contributed by atoms with Crippen LogP contribution in [0.5, 0.6) is 0 Å². The van der Waals surface area contributed by atoms with E-state index in [1.807, 2.05) is 11.8 Å². The zero-order chi connectivity index (χ0) is 15.1. The highest BCUT2D eigenvalue weighted by molar-refractivity contribution is 7.98. The van der Waals surface area contributed by atoms with Gasteiger partial charge in [0.15, 0.2) is 0 Å². The van der Waals surface area contributed by atoms with Crippen molar-refractivity contribution in [2.45, 2.75) is 51.2 Å². The zero-order valence-corrected chi connectivity index (χ0v) is 14.5. The van der Waals surface area contributed by atoms with Crippen molar-refractivity contribution >= 4 is 11.8 Å². The Morgan fingerprint density at radius 2 is 2.05 bits per heavy atom. The highest BCUT2D eigenvalue weighted by Crippen LogP contribution is 2.20. The Morgan fingerprint density at radius 1 is 1.29 bits per heavy atom. The van der Waals surface area contributed by atoms with Crippen LogP contribution in [-0.4, -0.2) is 48.1 Å². The Balaban J connectivity index is 2.00. The molecule has 0 amide bonds. The predicted molar refractivity (Wildman–Crippen MR) is 95.2 cm³/mol. The van der Waals surface area contributed by atoms with Gasteiger partial charge in [-0.15, -0.1) is 0 Å². The van der Waals surface area contributed by atoms with Crippen LogP contribution in [0, 0.1) is 0 Å². The fourth-order valence-corrected chi connectivity index (χ4v) is 4.20. The summed E-state index contributed by atoms with van der Waals surface area (Å²) in [5, 5.41) is 3.77. The van der Waals surface area contributed by atoms with E-state index < -0.39 is 0 Å². The first kappa shape index (κ1) is 16.9. The van der Waals surface area contributed by atoms with E-state index in [-0.39, 0.29) is 0 Å². The number of hydrogen-bond donors (Lipinski definition) is 1. The van der Waals surface area contributed by atoms with E-state index in [4.69, 9.17) is 0 Å². The molecule has 3 heteroatoms. The van der Waals surface area contributed by atoms with Crippen LogP contribution in [-0.2, 0) is 6.42 Å². The lowest BCUT2D eigenvalue weighted by atomic mass is 9.98. The van der Waals surface area contributed by atoms with Crippen molar-refractivity contribution in [3.05, 3.63) is 35.9 Å². The molecular weight excluding hydrogens is 276 g/mol. The summed E-state index contributed by atoms with van der Waals surface area (Å²) in [6.45, 7) is 6.98. The van der Waals surface area contributed by atoms with Crippen molar-refractivity contribution in [2.24, 2.45) is 0 Å². The molecule has 0 aromatic heterocycles. The first-order valence-corrected chi connectivity index (χ1v) is 9.69. The molecule has 118 valence electrons. The molecule has 1 aliphatic rings. The largest absolute Gasteiger partial charge is 0.311 e.